The van der Waals surface area contributed by atoms with Crippen molar-refractivity contribution in [1.29, 1.82) is 0 Å². The number of rotatable bonds is 5. The highest BCUT2D eigenvalue weighted by atomic mass is 16.3. The molecule has 8 heteroatoms. The maximum absolute atomic E-state index is 12.4. The summed E-state index contributed by atoms with van der Waals surface area (Å²) in [5.41, 5.74) is 0.222. The number of carbonyl (C=O) groups is 2. The van der Waals surface area contributed by atoms with Crippen LogP contribution in [0.4, 0.5) is 0 Å². The van der Waals surface area contributed by atoms with Gasteiger partial charge in [-0.25, -0.2) is 4.98 Å². The molecule has 2 atom stereocenters. The van der Waals surface area contributed by atoms with Crippen molar-refractivity contribution in [3.63, 3.8) is 0 Å². The highest BCUT2D eigenvalue weighted by Gasteiger charge is 2.31. The first kappa shape index (κ1) is 18.7. The number of carbonyl (C=O) groups excluding carboxylic acids is 2. The van der Waals surface area contributed by atoms with Crippen molar-refractivity contribution in [3.05, 3.63) is 24.3 Å². The van der Waals surface area contributed by atoms with Gasteiger partial charge in [0.25, 0.3) is 5.91 Å². The van der Waals surface area contributed by atoms with E-state index in [-0.39, 0.29) is 30.1 Å². The second kappa shape index (κ2) is 9.05. The third-order valence-electron chi connectivity index (χ3n) is 5.14. The van der Waals surface area contributed by atoms with Gasteiger partial charge in [-0.3, -0.25) is 14.6 Å². The number of amides is 2. The fraction of sp³-hybridized carbons (Fsp3) is 0.667. The predicted octanol–water partition coefficient (Wildman–Crippen LogP) is 0.0442. The lowest BCUT2D eigenvalue weighted by atomic mass is 10.0. The van der Waals surface area contributed by atoms with Crippen molar-refractivity contribution >= 4 is 11.8 Å². The van der Waals surface area contributed by atoms with Gasteiger partial charge in [-0.15, -0.1) is 0 Å². The number of hydrogen-bond acceptors (Lipinski definition) is 6. The summed E-state index contributed by atoms with van der Waals surface area (Å²) in [6.45, 7) is 3.74. The van der Waals surface area contributed by atoms with Gasteiger partial charge in [-0.2, -0.15) is 0 Å². The van der Waals surface area contributed by atoms with Crippen molar-refractivity contribution in [2.75, 3.05) is 32.7 Å². The molecule has 0 spiro atoms. The van der Waals surface area contributed by atoms with E-state index in [0.29, 0.717) is 19.4 Å². The topological polar surface area (TPSA) is 98.7 Å². The Balaban J connectivity index is 1.44. The molecule has 0 bridgehead atoms. The Bertz CT molecular complexity index is 606. The number of nitrogens with one attached hydrogen (secondary N) is 1. The van der Waals surface area contributed by atoms with Crippen LogP contribution in [0.3, 0.4) is 0 Å². The van der Waals surface area contributed by atoms with Gasteiger partial charge in [-0.1, -0.05) is 6.42 Å². The molecule has 142 valence electrons. The average Bonchev–Trinajstić information content (AvgIpc) is 2.69. The highest BCUT2D eigenvalue weighted by molar-refractivity contribution is 5.92. The Morgan fingerprint density at radius 3 is 2.69 bits per heavy atom. The first-order chi connectivity index (χ1) is 12.6. The fourth-order valence-electron chi connectivity index (χ4n) is 3.58. The van der Waals surface area contributed by atoms with Crippen LogP contribution in [0.2, 0.25) is 0 Å². The number of β-amino-alcohol motifs (C(OH)–C–C–N with tert-alkyl or cyclic N) is 1. The molecule has 0 radical (unpaired) electrons. The summed E-state index contributed by atoms with van der Waals surface area (Å²) >= 11 is 0. The molecule has 0 aliphatic carbocycles. The largest absolute Gasteiger partial charge is 0.389 e. The van der Waals surface area contributed by atoms with Gasteiger partial charge < -0.3 is 20.2 Å². The zero-order valence-electron chi connectivity index (χ0n) is 15.0. The minimum atomic E-state index is -0.775. The molecule has 26 heavy (non-hydrogen) atoms. The second-order valence-electron chi connectivity index (χ2n) is 7.02. The van der Waals surface area contributed by atoms with E-state index < -0.39 is 6.10 Å². The molecule has 2 saturated heterocycles. The monoisotopic (exact) mass is 361 g/mol. The van der Waals surface area contributed by atoms with Crippen molar-refractivity contribution < 1.29 is 14.7 Å². The van der Waals surface area contributed by atoms with E-state index >= 15 is 0 Å². The third kappa shape index (κ3) is 4.98. The summed E-state index contributed by atoms with van der Waals surface area (Å²) < 4.78 is 0. The Morgan fingerprint density at radius 1 is 1.19 bits per heavy atom. The first-order valence-electron chi connectivity index (χ1n) is 9.38. The Kier molecular flexibility index (Phi) is 6.51. The minimum Gasteiger partial charge on any atom is -0.389 e. The van der Waals surface area contributed by atoms with Crippen molar-refractivity contribution in [3.8, 4) is 0 Å². The smallest absolute Gasteiger partial charge is 0.271 e. The lowest BCUT2D eigenvalue weighted by Crippen LogP contribution is -2.55. The number of hydrogen-bond donors (Lipinski definition) is 2. The molecule has 8 nitrogen and oxygen atoms in total. The number of likely N-dealkylation sites (tertiary alicyclic amines) is 2. The van der Waals surface area contributed by atoms with E-state index in [9.17, 15) is 14.7 Å². The zero-order chi connectivity index (χ0) is 18.4. The van der Waals surface area contributed by atoms with Gasteiger partial charge in [0.2, 0.25) is 5.91 Å². The Labute approximate surface area is 153 Å². The molecule has 0 aromatic carbocycles. The Hall–Kier alpha value is -2.06. The standard InChI is InChI=1S/C18H27N5O3/c24-16-13-23(17(25)5-10-22-8-2-1-3-9-22)11-4-14(16)21-18(26)15-12-19-6-7-20-15/h6-7,12,14,16,24H,1-5,8-11,13H2,(H,21,26)/t14-,16-/m1/s1. The van der Waals surface area contributed by atoms with E-state index in [1.165, 1.54) is 37.9 Å². The highest BCUT2D eigenvalue weighted by Crippen LogP contribution is 2.14. The second-order valence-corrected chi connectivity index (χ2v) is 7.02. The molecule has 1 aromatic rings. The molecule has 2 aliphatic heterocycles. The lowest BCUT2D eigenvalue weighted by molar-refractivity contribution is -0.135. The number of aliphatic hydroxyl groups excluding tert-OH is 1. The van der Waals surface area contributed by atoms with Gasteiger partial charge in [0.15, 0.2) is 0 Å². The SMILES string of the molecule is O=C(N[C@@H]1CCN(C(=O)CCN2CCCCC2)C[C@H]1O)c1cnccn1. The van der Waals surface area contributed by atoms with Crippen LogP contribution < -0.4 is 5.32 Å². The Morgan fingerprint density at radius 2 is 2.00 bits per heavy atom. The van der Waals surface area contributed by atoms with Crippen LogP contribution in [0.1, 0.15) is 42.6 Å². The van der Waals surface area contributed by atoms with Crippen LogP contribution in [-0.2, 0) is 4.79 Å². The molecule has 2 aliphatic rings. The van der Waals surface area contributed by atoms with E-state index in [2.05, 4.69) is 20.2 Å². The van der Waals surface area contributed by atoms with E-state index in [1.807, 2.05) is 0 Å². The van der Waals surface area contributed by atoms with Crippen molar-refractivity contribution in [1.82, 2.24) is 25.1 Å². The molecular weight excluding hydrogens is 334 g/mol. The molecule has 2 N–H and O–H groups in total. The van der Waals surface area contributed by atoms with Crippen molar-refractivity contribution in [2.24, 2.45) is 0 Å². The van der Waals surface area contributed by atoms with Gasteiger partial charge in [-0.05, 0) is 32.4 Å². The predicted molar refractivity (Wildman–Crippen MR) is 95.4 cm³/mol. The number of nitrogens with zero attached hydrogens (tertiary/aromatic N) is 4. The van der Waals surface area contributed by atoms with E-state index in [1.54, 1.807) is 4.90 Å². The maximum Gasteiger partial charge on any atom is 0.271 e. The molecule has 3 rings (SSSR count). The zero-order valence-corrected chi connectivity index (χ0v) is 15.0. The molecule has 1 aromatic heterocycles. The van der Waals surface area contributed by atoms with Gasteiger partial charge >= 0.3 is 0 Å². The summed E-state index contributed by atoms with van der Waals surface area (Å²) in [6.07, 6.45) is 8.29. The maximum atomic E-state index is 12.4. The van der Waals surface area contributed by atoms with Crippen molar-refractivity contribution in [2.45, 2.75) is 44.2 Å². The molecule has 0 saturated carbocycles. The average molecular weight is 361 g/mol. The van der Waals surface area contributed by atoms with Crippen LogP contribution >= 0.6 is 0 Å². The van der Waals surface area contributed by atoms with E-state index in [4.69, 9.17) is 0 Å². The quantitative estimate of drug-likeness (QED) is 0.769. The molecule has 2 amide bonds. The number of aromatic nitrogens is 2. The summed E-state index contributed by atoms with van der Waals surface area (Å²) in [4.78, 5) is 36.4. The molecule has 0 unspecified atom stereocenters. The van der Waals surface area contributed by atoms with E-state index in [0.717, 1.165) is 19.6 Å². The van der Waals surface area contributed by atoms with Crippen LogP contribution in [0.25, 0.3) is 0 Å². The van der Waals surface area contributed by atoms with Crippen LogP contribution in [0.5, 0.6) is 0 Å². The summed E-state index contributed by atoms with van der Waals surface area (Å²) in [5.74, 6) is -0.277. The molecular formula is C18H27N5O3. The van der Waals surface area contributed by atoms with Crippen LogP contribution in [0, 0.1) is 0 Å². The first-order valence-corrected chi connectivity index (χ1v) is 9.38. The van der Waals surface area contributed by atoms with Gasteiger partial charge in [0.05, 0.1) is 18.3 Å². The van der Waals surface area contributed by atoms with Gasteiger partial charge in [0.1, 0.15) is 5.69 Å². The third-order valence-corrected chi connectivity index (χ3v) is 5.14. The number of aliphatic hydroxyl groups is 1. The summed E-state index contributed by atoms with van der Waals surface area (Å²) in [7, 11) is 0. The molecule has 2 fully saturated rings. The van der Waals surface area contributed by atoms with Crippen LogP contribution in [-0.4, -0.2) is 81.6 Å². The van der Waals surface area contributed by atoms with Crippen LogP contribution in [0.15, 0.2) is 18.6 Å². The minimum absolute atomic E-state index is 0.0772. The lowest BCUT2D eigenvalue weighted by Gasteiger charge is -2.36. The molecule has 3 heterocycles. The summed E-state index contributed by atoms with van der Waals surface area (Å²) in [5, 5.41) is 13.1. The number of piperidine rings is 2. The fourth-order valence-corrected chi connectivity index (χ4v) is 3.58. The summed E-state index contributed by atoms with van der Waals surface area (Å²) in [6, 6.07) is -0.379. The normalized spacial score (nSPS) is 24.3. The van der Waals surface area contributed by atoms with Gasteiger partial charge in [0, 0.05) is 38.4 Å².